The summed E-state index contributed by atoms with van der Waals surface area (Å²) in [5.41, 5.74) is 7.82. The Hall–Kier alpha value is -1.49. The molecule has 0 aliphatic carbocycles. The Balaban J connectivity index is 2.68. The highest BCUT2D eigenvalue weighted by molar-refractivity contribution is 7.16. The first-order valence-corrected chi connectivity index (χ1v) is 4.15. The summed E-state index contributed by atoms with van der Waals surface area (Å²) < 4.78 is 0. The van der Waals surface area contributed by atoms with Crippen molar-refractivity contribution in [1.82, 2.24) is 9.97 Å². The van der Waals surface area contributed by atoms with Crippen LogP contribution in [0.5, 0.6) is 0 Å². The van der Waals surface area contributed by atoms with Crippen molar-refractivity contribution in [3.8, 4) is 0 Å². The Morgan fingerprint density at radius 1 is 1.50 bits per heavy atom. The van der Waals surface area contributed by atoms with Crippen molar-refractivity contribution in [2.75, 3.05) is 0 Å². The van der Waals surface area contributed by atoms with Crippen molar-refractivity contribution in [2.45, 2.75) is 0 Å². The summed E-state index contributed by atoms with van der Waals surface area (Å²) in [5, 5.41) is 0. The molecule has 4 nitrogen and oxygen atoms in total. The molecular weight excluding hydrogens is 174 g/mol. The van der Waals surface area contributed by atoms with Crippen LogP contribution in [0.1, 0.15) is 10.5 Å². The minimum Gasteiger partial charge on any atom is -0.364 e. The Kier molecular flexibility index (Phi) is 1.51. The van der Waals surface area contributed by atoms with E-state index in [4.69, 9.17) is 5.73 Å². The van der Waals surface area contributed by atoms with Crippen molar-refractivity contribution in [3.63, 3.8) is 0 Å². The van der Waals surface area contributed by atoms with E-state index in [0.29, 0.717) is 0 Å². The summed E-state index contributed by atoms with van der Waals surface area (Å²) in [6, 6.07) is 3.31. The third-order valence-electron chi connectivity index (χ3n) is 1.45. The fraction of sp³-hybridized carbons (Fsp3) is 0. The number of aromatic nitrogens is 2. The summed E-state index contributed by atoms with van der Waals surface area (Å²) in [5.74, 6) is -0.509. The number of amides is 1. The molecule has 0 saturated carbocycles. The van der Waals surface area contributed by atoms with Gasteiger partial charge >= 0.3 is 0 Å². The molecule has 2 rings (SSSR count). The molecule has 1 amide bonds. The molecule has 0 aliphatic heterocycles. The molecule has 2 heterocycles. The van der Waals surface area contributed by atoms with Gasteiger partial charge in [0.15, 0.2) is 0 Å². The van der Waals surface area contributed by atoms with Crippen LogP contribution < -0.4 is 5.73 Å². The number of carbonyl (C=O) groups excluding carboxylic acids is 1. The third-order valence-corrected chi connectivity index (χ3v) is 2.18. The molecule has 0 saturated heterocycles. The maximum atomic E-state index is 10.7. The zero-order chi connectivity index (χ0) is 8.55. The van der Waals surface area contributed by atoms with Gasteiger partial charge in [-0.05, 0) is 12.1 Å². The van der Waals surface area contributed by atoms with Gasteiger partial charge in [-0.2, -0.15) is 0 Å². The van der Waals surface area contributed by atoms with Crippen LogP contribution in [0, 0.1) is 0 Å². The van der Waals surface area contributed by atoms with E-state index in [9.17, 15) is 4.79 Å². The zero-order valence-corrected chi connectivity index (χ0v) is 6.84. The maximum absolute atomic E-state index is 10.7. The van der Waals surface area contributed by atoms with E-state index in [1.807, 2.05) is 0 Å². The molecule has 2 aromatic rings. The van der Waals surface area contributed by atoms with Gasteiger partial charge in [-0.25, -0.2) is 9.97 Å². The van der Waals surface area contributed by atoms with E-state index in [0.717, 1.165) is 10.3 Å². The van der Waals surface area contributed by atoms with Crippen molar-refractivity contribution < 1.29 is 4.79 Å². The summed E-state index contributed by atoms with van der Waals surface area (Å²) >= 11 is 1.39. The van der Waals surface area contributed by atoms with E-state index in [1.54, 1.807) is 17.6 Å². The van der Waals surface area contributed by atoms with Crippen LogP contribution in [0.3, 0.4) is 0 Å². The van der Waals surface area contributed by atoms with Gasteiger partial charge in [0, 0.05) is 0 Å². The summed E-state index contributed by atoms with van der Waals surface area (Å²) in [6.07, 6.45) is 0. The fourth-order valence-corrected chi connectivity index (χ4v) is 1.55. The van der Waals surface area contributed by atoms with Gasteiger partial charge in [-0.15, -0.1) is 11.3 Å². The van der Waals surface area contributed by atoms with Gasteiger partial charge in [0.05, 0.1) is 11.0 Å². The lowest BCUT2D eigenvalue weighted by Gasteiger charge is -1.91. The van der Waals surface area contributed by atoms with E-state index in [2.05, 4.69) is 9.97 Å². The molecule has 0 spiro atoms. The maximum Gasteiger partial charge on any atom is 0.267 e. The topological polar surface area (TPSA) is 68.9 Å². The monoisotopic (exact) mass is 179 g/mol. The van der Waals surface area contributed by atoms with Gasteiger partial charge in [0.2, 0.25) is 0 Å². The van der Waals surface area contributed by atoms with Gasteiger partial charge < -0.3 is 5.73 Å². The van der Waals surface area contributed by atoms with Crippen LogP contribution in [-0.4, -0.2) is 15.9 Å². The van der Waals surface area contributed by atoms with Crippen molar-refractivity contribution in [3.05, 3.63) is 23.3 Å². The Morgan fingerprint density at radius 3 is 3.08 bits per heavy atom. The highest BCUT2D eigenvalue weighted by atomic mass is 32.1. The van der Waals surface area contributed by atoms with E-state index in [1.165, 1.54) is 11.3 Å². The standard InChI is InChI=1S/C7H5N3OS/c8-6(11)4-1-2-5-7(10-4)12-3-9-5/h1-3H,(H2,8,11). The molecule has 0 bridgehead atoms. The van der Waals surface area contributed by atoms with Crippen molar-refractivity contribution in [1.29, 1.82) is 0 Å². The number of nitrogens with zero attached hydrogens (tertiary/aromatic N) is 2. The highest BCUT2D eigenvalue weighted by Crippen LogP contribution is 2.14. The molecule has 2 N–H and O–H groups in total. The van der Waals surface area contributed by atoms with Gasteiger partial charge in [0.1, 0.15) is 10.5 Å². The lowest BCUT2D eigenvalue weighted by Crippen LogP contribution is -2.12. The molecule has 2 aromatic heterocycles. The average molecular weight is 179 g/mol. The minimum atomic E-state index is -0.509. The second-order valence-corrected chi connectivity index (χ2v) is 3.07. The second-order valence-electron chi connectivity index (χ2n) is 2.24. The first-order valence-electron chi connectivity index (χ1n) is 3.27. The molecule has 0 fully saturated rings. The van der Waals surface area contributed by atoms with Crippen LogP contribution >= 0.6 is 11.3 Å². The van der Waals surface area contributed by atoms with Gasteiger partial charge in [-0.1, -0.05) is 0 Å². The molecule has 0 aromatic carbocycles. The number of rotatable bonds is 1. The smallest absolute Gasteiger partial charge is 0.267 e. The van der Waals surface area contributed by atoms with Crippen LogP contribution in [-0.2, 0) is 0 Å². The van der Waals surface area contributed by atoms with E-state index < -0.39 is 5.91 Å². The number of primary amides is 1. The number of thiazole rings is 1. The third kappa shape index (κ3) is 1.04. The Bertz CT molecular complexity index is 437. The number of hydrogen-bond donors (Lipinski definition) is 1. The predicted octanol–water partition coefficient (Wildman–Crippen LogP) is 0.790. The number of fused-ring (bicyclic) bond motifs is 1. The number of hydrogen-bond acceptors (Lipinski definition) is 4. The molecule has 0 aliphatic rings. The van der Waals surface area contributed by atoms with Crippen LogP contribution in [0.25, 0.3) is 10.3 Å². The lowest BCUT2D eigenvalue weighted by atomic mass is 10.3. The van der Waals surface area contributed by atoms with Gasteiger partial charge in [-0.3, -0.25) is 4.79 Å². The number of nitrogens with two attached hydrogens (primary N) is 1. The lowest BCUT2D eigenvalue weighted by molar-refractivity contribution is 0.0996. The Morgan fingerprint density at radius 2 is 2.33 bits per heavy atom. The largest absolute Gasteiger partial charge is 0.364 e. The first kappa shape index (κ1) is 7.17. The van der Waals surface area contributed by atoms with Crippen LogP contribution in [0.4, 0.5) is 0 Å². The molecule has 5 heteroatoms. The molecule has 12 heavy (non-hydrogen) atoms. The minimum absolute atomic E-state index is 0.284. The number of carbonyl (C=O) groups is 1. The summed E-state index contributed by atoms with van der Waals surface area (Å²) in [6.45, 7) is 0. The first-order chi connectivity index (χ1) is 5.77. The summed E-state index contributed by atoms with van der Waals surface area (Å²) in [7, 11) is 0. The molecule has 0 unspecified atom stereocenters. The molecule has 60 valence electrons. The molecule has 0 atom stereocenters. The van der Waals surface area contributed by atoms with Crippen LogP contribution in [0.2, 0.25) is 0 Å². The fourth-order valence-electron chi connectivity index (χ4n) is 0.888. The normalized spacial score (nSPS) is 10.3. The molecular formula is C7H5N3OS. The van der Waals surface area contributed by atoms with E-state index in [-0.39, 0.29) is 5.69 Å². The quantitative estimate of drug-likeness (QED) is 0.703. The van der Waals surface area contributed by atoms with Crippen molar-refractivity contribution in [2.24, 2.45) is 5.73 Å². The predicted molar refractivity (Wildman–Crippen MR) is 45.9 cm³/mol. The highest BCUT2D eigenvalue weighted by Gasteiger charge is 2.03. The molecule has 0 radical (unpaired) electrons. The van der Waals surface area contributed by atoms with Crippen LogP contribution in [0.15, 0.2) is 17.6 Å². The van der Waals surface area contributed by atoms with E-state index >= 15 is 0 Å². The SMILES string of the molecule is NC(=O)c1ccc2ncsc2n1. The summed E-state index contributed by atoms with van der Waals surface area (Å²) in [4.78, 5) is 19.5. The zero-order valence-electron chi connectivity index (χ0n) is 6.02. The Labute approximate surface area is 72.1 Å². The second kappa shape index (κ2) is 2.53. The van der Waals surface area contributed by atoms with Crippen molar-refractivity contribution >= 4 is 27.6 Å². The number of pyridine rings is 1. The van der Waals surface area contributed by atoms with Gasteiger partial charge in [0.25, 0.3) is 5.91 Å². The average Bonchev–Trinajstić information content (AvgIpc) is 2.49.